The molecule has 19 heavy (non-hydrogen) atoms. The van der Waals surface area contributed by atoms with Crippen LogP contribution in [0.25, 0.3) is 0 Å². The van der Waals surface area contributed by atoms with Crippen LogP contribution < -0.4 is 5.32 Å². The van der Waals surface area contributed by atoms with Crippen LogP contribution in [0.15, 0.2) is 24.3 Å². The van der Waals surface area contributed by atoms with E-state index in [1.165, 1.54) is 0 Å². The van der Waals surface area contributed by atoms with Gasteiger partial charge < -0.3 is 10.4 Å². The number of carboxylic acids is 1. The Kier molecular flexibility index (Phi) is 5.36. The lowest BCUT2D eigenvalue weighted by atomic mass is 9.98. The Hall–Kier alpha value is -1.55. The van der Waals surface area contributed by atoms with Crippen molar-refractivity contribution in [2.75, 3.05) is 0 Å². The molecule has 0 saturated carbocycles. The summed E-state index contributed by atoms with van der Waals surface area (Å²) in [5, 5.41) is 12.2. The lowest BCUT2D eigenvalue weighted by molar-refractivity contribution is -0.143. The first kappa shape index (κ1) is 15.5. The molecule has 1 aromatic rings. The van der Waals surface area contributed by atoms with Gasteiger partial charge in [-0.1, -0.05) is 37.6 Å². The van der Waals surface area contributed by atoms with Crippen molar-refractivity contribution in [2.24, 2.45) is 5.92 Å². The second-order valence-corrected chi connectivity index (χ2v) is 5.28. The molecule has 0 aromatic heterocycles. The topological polar surface area (TPSA) is 66.4 Å². The zero-order valence-electron chi connectivity index (χ0n) is 11.2. The summed E-state index contributed by atoms with van der Waals surface area (Å²) in [5.74, 6) is -1.96. The van der Waals surface area contributed by atoms with Crippen molar-refractivity contribution < 1.29 is 14.7 Å². The minimum absolute atomic E-state index is 0.173. The van der Waals surface area contributed by atoms with Gasteiger partial charge in [0.05, 0.1) is 5.92 Å². The molecule has 0 aliphatic carbocycles. The van der Waals surface area contributed by atoms with E-state index in [0.29, 0.717) is 5.02 Å². The molecule has 4 nitrogen and oxygen atoms in total. The minimum Gasteiger partial charge on any atom is -0.480 e. The van der Waals surface area contributed by atoms with Crippen molar-refractivity contribution in [2.45, 2.75) is 32.7 Å². The predicted molar refractivity (Wildman–Crippen MR) is 74.3 cm³/mol. The Morgan fingerprint density at radius 1 is 1.26 bits per heavy atom. The fourth-order valence-corrected chi connectivity index (χ4v) is 1.92. The van der Waals surface area contributed by atoms with Crippen molar-refractivity contribution in [3.63, 3.8) is 0 Å². The standard InChI is InChI=1S/C14H18ClNO3/c1-8(2)12(14(18)19)16-13(17)9(3)10-5-4-6-11(15)7-10/h4-9,12H,1-3H3,(H,16,17)(H,18,19)/t9?,12-/m0/s1. The molecule has 104 valence electrons. The van der Waals surface area contributed by atoms with Crippen molar-refractivity contribution in [1.82, 2.24) is 5.32 Å². The number of hydrogen-bond acceptors (Lipinski definition) is 2. The highest BCUT2D eigenvalue weighted by Gasteiger charge is 2.26. The van der Waals surface area contributed by atoms with Crippen LogP contribution in [0, 0.1) is 5.92 Å². The summed E-state index contributed by atoms with van der Waals surface area (Å²) < 4.78 is 0. The number of carbonyl (C=O) groups excluding carboxylic acids is 1. The second kappa shape index (κ2) is 6.57. The molecule has 2 atom stereocenters. The Bertz CT molecular complexity index is 474. The van der Waals surface area contributed by atoms with Crippen molar-refractivity contribution >= 4 is 23.5 Å². The van der Waals surface area contributed by atoms with Gasteiger partial charge >= 0.3 is 5.97 Å². The fraction of sp³-hybridized carbons (Fsp3) is 0.429. The molecule has 0 radical (unpaired) electrons. The zero-order valence-corrected chi connectivity index (χ0v) is 11.9. The van der Waals surface area contributed by atoms with E-state index in [9.17, 15) is 9.59 Å². The number of benzene rings is 1. The quantitative estimate of drug-likeness (QED) is 0.873. The summed E-state index contributed by atoms with van der Waals surface area (Å²) in [4.78, 5) is 23.1. The van der Waals surface area contributed by atoms with E-state index in [0.717, 1.165) is 5.56 Å². The van der Waals surface area contributed by atoms with Crippen molar-refractivity contribution in [1.29, 1.82) is 0 Å². The Morgan fingerprint density at radius 3 is 2.37 bits per heavy atom. The number of aliphatic carboxylic acids is 1. The molecule has 1 rings (SSSR count). The Balaban J connectivity index is 2.80. The molecular weight excluding hydrogens is 266 g/mol. The summed E-state index contributed by atoms with van der Waals surface area (Å²) in [7, 11) is 0. The first-order chi connectivity index (χ1) is 8.82. The average molecular weight is 284 g/mol. The molecule has 1 amide bonds. The van der Waals surface area contributed by atoms with Crippen molar-refractivity contribution in [3.05, 3.63) is 34.9 Å². The Labute approximate surface area is 117 Å². The molecule has 0 fully saturated rings. The predicted octanol–water partition coefficient (Wildman–Crippen LogP) is 2.67. The second-order valence-electron chi connectivity index (χ2n) is 4.85. The minimum atomic E-state index is -1.03. The summed E-state index contributed by atoms with van der Waals surface area (Å²) in [6, 6.07) is 6.11. The lowest BCUT2D eigenvalue weighted by Crippen LogP contribution is -2.45. The fourth-order valence-electron chi connectivity index (χ4n) is 1.72. The average Bonchev–Trinajstić information content (AvgIpc) is 2.33. The van der Waals surface area contributed by atoms with Crippen LogP contribution in [0.3, 0.4) is 0 Å². The van der Waals surface area contributed by atoms with Gasteiger partial charge in [-0.25, -0.2) is 4.79 Å². The molecule has 1 aromatic carbocycles. The van der Waals surface area contributed by atoms with Crippen LogP contribution in [0.2, 0.25) is 5.02 Å². The molecule has 0 aliphatic rings. The molecule has 2 N–H and O–H groups in total. The van der Waals surface area contributed by atoms with Gasteiger partial charge in [0.1, 0.15) is 6.04 Å². The van der Waals surface area contributed by atoms with E-state index in [1.54, 1.807) is 45.0 Å². The van der Waals surface area contributed by atoms with E-state index >= 15 is 0 Å². The van der Waals surface area contributed by atoms with Gasteiger partial charge in [-0.3, -0.25) is 4.79 Å². The lowest BCUT2D eigenvalue weighted by Gasteiger charge is -2.20. The van der Waals surface area contributed by atoms with Gasteiger partial charge in [0.25, 0.3) is 0 Å². The molecular formula is C14H18ClNO3. The van der Waals surface area contributed by atoms with Crippen LogP contribution in [-0.4, -0.2) is 23.0 Å². The van der Waals surface area contributed by atoms with E-state index < -0.39 is 17.9 Å². The van der Waals surface area contributed by atoms with Gasteiger partial charge in [-0.2, -0.15) is 0 Å². The van der Waals surface area contributed by atoms with Crippen molar-refractivity contribution in [3.8, 4) is 0 Å². The summed E-state index contributed by atoms with van der Waals surface area (Å²) >= 11 is 5.87. The molecule has 0 aliphatic heterocycles. The molecule has 1 unspecified atom stereocenters. The number of halogens is 1. The Morgan fingerprint density at radius 2 is 1.89 bits per heavy atom. The summed E-state index contributed by atoms with van der Waals surface area (Å²) in [6.45, 7) is 5.23. The summed E-state index contributed by atoms with van der Waals surface area (Å²) in [5.41, 5.74) is 0.762. The number of carbonyl (C=O) groups is 2. The first-order valence-corrected chi connectivity index (χ1v) is 6.49. The molecule has 0 bridgehead atoms. The maximum absolute atomic E-state index is 12.1. The largest absolute Gasteiger partial charge is 0.480 e. The van der Waals surface area contributed by atoms with Crippen LogP contribution >= 0.6 is 11.6 Å². The third-order valence-electron chi connectivity index (χ3n) is 2.97. The highest BCUT2D eigenvalue weighted by Crippen LogP contribution is 2.20. The third kappa shape index (κ3) is 4.24. The van der Waals surface area contributed by atoms with E-state index in [2.05, 4.69) is 5.32 Å². The molecule has 0 spiro atoms. The number of rotatable bonds is 5. The SMILES string of the molecule is CC(C(=O)N[C@H](C(=O)O)C(C)C)c1cccc(Cl)c1. The molecule has 0 saturated heterocycles. The van der Waals surface area contributed by atoms with E-state index in [-0.39, 0.29) is 11.8 Å². The van der Waals surface area contributed by atoms with Gasteiger partial charge in [0.15, 0.2) is 0 Å². The highest BCUT2D eigenvalue weighted by atomic mass is 35.5. The first-order valence-electron chi connectivity index (χ1n) is 6.11. The highest BCUT2D eigenvalue weighted by molar-refractivity contribution is 6.30. The maximum Gasteiger partial charge on any atom is 0.326 e. The maximum atomic E-state index is 12.1. The van der Waals surface area contributed by atoms with Gasteiger partial charge in [0, 0.05) is 5.02 Å². The molecule has 0 heterocycles. The van der Waals surface area contributed by atoms with E-state index in [4.69, 9.17) is 16.7 Å². The summed E-state index contributed by atoms with van der Waals surface area (Å²) in [6.07, 6.45) is 0. The van der Waals surface area contributed by atoms with Crippen LogP contribution in [-0.2, 0) is 9.59 Å². The zero-order chi connectivity index (χ0) is 14.6. The van der Waals surface area contributed by atoms with Gasteiger partial charge in [-0.15, -0.1) is 0 Å². The number of nitrogens with one attached hydrogen (secondary N) is 1. The van der Waals surface area contributed by atoms with Crippen LogP contribution in [0.5, 0.6) is 0 Å². The van der Waals surface area contributed by atoms with Gasteiger partial charge in [-0.05, 0) is 30.5 Å². The molecule has 5 heteroatoms. The van der Waals surface area contributed by atoms with E-state index in [1.807, 2.05) is 0 Å². The number of carboxylic acid groups (broad SMARTS) is 1. The van der Waals surface area contributed by atoms with Crippen LogP contribution in [0.4, 0.5) is 0 Å². The smallest absolute Gasteiger partial charge is 0.326 e. The van der Waals surface area contributed by atoms with Crippen LogP contribution in [0.1, 0.15) is 32.3 Å². The van der Waals surface area contributed by atoms with Gasteiger partial charge in [0.2, 0.25) is 5.91 Å². The normalized spacial score (nSPS) is 13.9. The third-order valence-corrected chi connectivity index (χ3v) is 3.21. The number of amides is 1. The number of hydrogen-bond donors (Lipinski definition) is 2. The monoisotopic (exact) mass is 283 g/mol.